The van der Waals surface area contributed by atoms with Crippen molar-refractivity contribution in [1.82, 2.24) is 9.97 Å². The van der Waals surface area contributed by atoms with E-state index in [4.69, 9.17) is 4.74 Å². The third-order valence-corrected chi connectivity index (χ3v) is 2.91. The molecule has 1 heterocycles. The van der Waals surface area contributed by atoms with Gasteiger partial charge in [-0.15, -0.1) is 0 Å². The van der Waals surface area contributed by atoms with Crippen molar-refractivity contribution in [1.29, 1.82) is 0 Å². The molecule has 4 heteroatoms. The molecule has 1 aromatic carbocycles. The summed E-state index contributed by atoms with van der Waals surface area (Å²) in [6, 6.07) is 7.81. The van der Waals surface area contributed by atoms with Crippen molar-refractivity contribution in [3.8, 4) is 17.0 Å². The van der Waals surface area contributed by atoms with Gasteiger partial charge in [-0.3, -0.25) is 0 Å². The third-order valence-electron chi connectivity index (χ3n) is 2.91. The molecule has 0 atom stereocenters. The Morgan fingerprint density at radius 1 is 1.06 bits per heavy atom. The molecule has 18 heavy (non-hydrogen) atoms. The molecule has 0 spiro atoms. The Hall–Kier alpha value is -2.10. The molecule has 0 saturated carbocycles. The molecule has 0 aliphatic rings. The smallest absolute Gasteiger partial charge is 0.152 e. The van der Waals surface area contributed by atoms with Crippen LogP contribution in [0, 0.1) is 13.8 Å². The SMILES string of the molecule is CNc1nc(C)c(C)nc1-c1ccccc1OC. The van der Waals surface area contributed by atoms with E-state index in [9.17, 15) is 0 Å². The number of aryl methyl sites for hydroxylation is 2. The second-order valence-corrected chi connectivity index (χ2v) is 4.04. The second-order valence-electron chi connectivity index (χ2n) is 4.04. The van der Waals surface area contributed by atoms with E-state index < -0.39 is 0 Å². The Morgan fingerprint density at radius 2 is 1.72 bits per heavy atom. The summed E-state index contributed by atoms with van der Waals surface area (Å²) in [7, 11) is 3.50. The van der Waals surface area contributed by atoms with Crippen LogP contribution >= 0.6 is 0 Å². The van der Waals surface area contributed by atoms with Crippen molar-refractivity contribution in [3.63, 3.8) is 0 Å². The van der Waals surface area contributed by atoms with Gasteiger partial charge in [0.25, 0.3) is 0 Å². The van der Waals surface area contributed by atoms with Crippen molar-refractivity contribution in [2.45, 2.75) is 13.8 Å². The van der Waals surface area contributed by atoms with Gasteiger partial charge in [-0.1, -0.05) is 12.1 Å². The molecule has 1 N–H and O–H groups in total. The van der Waals surface area contributed by atoms with E-state index in [0.717, 1.165) is 34.2 Å². The van der Waals surface area contributed by atoms with Crippen LogP contribution < -0.4 is 10.1 Å². The second kappa shape index (κ2) is 5.04. The molecular weight excluding hydrogens is 226 g/mol. The molecule has 2 aromatic rings. The summed E-state index contributed by atoms with van der Waals surface area (Å²) < 4.78 is 5.37. The van der Waals surface area contributed by atoms with Gasteiger partial charge in [0.1, 0.15) is 11.4 Å². The van der Waals surface area contributed by atoms with Gasteiger partial charge in [-0.2, -0.15) is 0 Å². The lowest BCUT2D eigenvalue weighted by atomic mass is 10.1. The van der Waals surface area contributed by atoms with E-state index in [1.165, 1.54) is 0 Å². The lowest BCUT2D eigenvalue weighted by Crippen LogP contribution is -2.03. The lowest BCUT2D eigenvalue weighted by Gasteiger charge is -2.13. The number of aromatic nitrogens is 2. The van der Waals surface area contributed by atoms with E-state index in [1.54, 1.807) is 7.11 Å². The highest BCUT2D eigenvalue weighted by Crippen LogP contribution is 2.32. The molecule has 0 aliphatic carbocycles. The van der Waals surface area contributed by atoms with Crippen molar-refractivity contribution < 1.29 is 4.74 Å². The Labute approximate surface area is 107 Å². The Kier molecular flexibility index (Phi) is 3.46. The molecule has 0 bridgehead atoms. The largest absolute Gasteiger partial charge is 0.496 e. The molecule has 0 aliphatic heterocycles. The summed E-state index contributed by atoms with van der Waals surface area (Å²) in [5, 5.41) is 3.08. The number of benzene rings is 1. The number of ether oxygens (including phenoxy) is 1. The van der Waals surface area contributed by atoms with Gasteiger partial charge >= 0.3 is 0 Å². The van der Waals surface area contributed by atoms with Crippen LogP contribution in [0.5, 0.6) is 5.75 Å². The normalized spacial score (nSPS) is 10.2. The maximum Gasteiger partial charge on any atom is 0.152 e. The summed E-state index contributed by atoms with van der Waals surface area (Å²) in [5.41, 5.74) is 3.62. The zero-order chi connectivity index (χ0) is 13.1. The summed E-state index contributed by atoms with van der Waals surface area (Å²) in [4.78, 5) is 9.13. The molecule has 4 nitrogen and oxygen atoms in total. The first kappa shape index (κ1) is 12.4. The maximum absolute atomic E-state index is 5.37. The highest BCUT2D eigenvalue weighted by Gasteiger charge is 2.13. The van der Waals surface area contributed by atoms with Crippen molar-refractivity contribution in [2.24, 2.45) is 0 Å². The number of nitrogens with zero attached hydrogens (tertiary/aromatic N) is 2. The molecule has 0 unspecified atom stereocenters. The monoisotopic (exact) mass is 243 g/mol. The first-order valence-electron chi connectivity index (χ1n) is 5.83. The van der Waals surface area contributed by atoms with E-state index in [1.807, 2.05) is 45.2 Å². The van der Waals surface area contributed by atoms with Crippen LogP contribution in [0.3, 0.4) is 0 Å². The van der Waals surface area contributed by atoms with E-state index in [0.29, 0.717) is 0 Å². The van der Waals surface area contributed by atoms with Crippen LogP contribution in [0.15, 0.2) is 24.3 Å². The molecule has 0 saturated heterocycles. The minimum atomic E-state index is 0.766. The highest BCUT2D eigenvalue weighted by atomic mass is 16.5. The fraction of sp³-hybridized carbons (Fsp3) is 0.286. The van der Waals surface area contributed by atoms with Crippen LogP contribution in [0.25, 0.3) is 11.3 Å². The molecule has 1 aromatic heterocycles. The van der Waals surface area contributed by atoms with Crippen molar-refractivity contribution in [3.05, 3.63) is 35.7 Å². The summed E-state index contributed by atoms with van der Waals surface area (Å²) >= 11 is 0. The molecule has 0 amide bonds. The van der Waals surface area contributed by atoms with Gasteiger partial charge in [0, 0.05) is 12.6 Å². The molecule has 0 radical (unpaired) electrons. The van der Waals surface area contributed by atoms with Gasteiger partial charge in [0.2, 0.25) is 0 Å². The summed E-state index contributed by atoms with van der Waals surface area (Å²) in [5.74, 6) is 1.56. The standard InChI is InChI=1S/C14H17N3O/c1-9-10(2)17-14(15-3)13(16-9)11-7-5-6-8-12(11)18-4/h5-8H,1-4H3,(H,15,17). The van der Waals surface area contributed by atoms with Crippen molar-refractivity contribution >= 4 is 5.82 Å². The molecular formula is C14H17N3O. The zero-order valence-corrected chi connectivity index (χ0v) is 11.1. The Balaban J connectivity index is 2.66. The van der Waals surface area contributed by atoms with Gasteiger partial charge in [0.05, 0.1) is 18.5 Å². The molecule has 2 rings (SSSR count). The van der Waals surface area contributed by atoms with Crippen LogP contribution in [0.2, 0.25) is 0 Å². The Morgan fingerprint density at radius 3 is 2.39 bits per heavy atom. The van der Waals surface area contributed by atoms with Crippen LogP contribution in [0.1, 0.15) is 11.4 Å². The average molecular weight is 243 g/mol. The minimum absolute atomic E-state index is 0.766. The number of rotatable bonds is 3. The lowest BCUT2D eigenvalue weighted by molar-refractivity contribution is 0.416. The number of nitrogens with one attached hydrogen (secondary N) is 1. The summed E-state index contributed by atoms with van der Waals surface area (Å²) in [6.07, 6.45) is 0. The summed E-state index contributed by atoms with van der Waals surface area (Å²) in [6.45, 7) is 3.91. The molecule has 94 valence electrons. The highest BCUT2D eigenvalue weighted by molar-refractivity contribution is 5.76. The quantitative estimate of drug-likeness (QED) is 0.900. The van der Waals surface area contributed by atoms with Gasteiger partial charge in [-0.25, -0.2) is 9.97 Å². The number of anilines is 1. The van der Waals surface area contributed by atoms with Gasteiger partial charge in [0.15, 0.2) is 5.82 Å². The van der Waals surface area contributed by atoms with Crippen molar-refractivity contribution in [2.75, 3.05) is 19.5 Å². The van der Waals surface area contributed by atoms with E-state index >= 15 is 0 Å². The minimum Gasteiger partial charge on any atom is -0.496 e. The predicted octanol–water partition coefficient (Wildman–Crippen LogP) is 2.81. The van der Waals surface area contributed by atoms with Crippen LogP contribution in [-0.2, 0) is 0 Å². The van der Waals surface area contributed by atoms with Crippen LogP contribution in [-0.4, -0.2) is 24.1 Å². The third kappa shape index (κ3) is 2.14. The van der Waals surface area contributed by atoms with E-state index in [2.05, 4.69) is 15.3 Å². The van der Waals surface area contributed by atoms with Crippen LogP contribution in [0.4, 0.5) is 5.82 Å². The average Bonchev–Trinajstić information content (AvgIpc) is 2.41. The van der Waals surface area contributed by atoms with Gasteiger partial charge < -0.3 is 10.1 Å². The number of hydrogen-bond acceptors (Lipinski definition) is 4. The fourth-order valence-electron chi connectivity index (χ4n) is 1.81. The number of hydrogen-bond donors (Lipinski definition) is 1. The van der Waals surface area contributed by atoms with E-state index in [-0.39, 0.29) is 0 Å². The zero-order valence-electron chi connectivity index (χ0n) is 11.1. The Bertz CT molecular complexity index is 567. The van der Waals surface area contributed by atoms with Gasteiger partial charge in [-0.05, 0) is 26.0 Å². The number of methoxy groups -OCH3 is 1. The topological polar surface area (TPSA) is 47.0 Å². The number of para-hydroxylation sites is 1. The molecule has 0 fully saturated rings. The predicted molar refractivity (Wildman–Crippen MR) is 73.0 cm³/mol. The first-order valence-corrected chi connectivity index (χ1v) is 5.83. The fourth-order valence-corrected chi connectivity index (χ4v) is 1.81. The maximum atomic E-state index is 5.37. The first-order chi connectivity index (χ1) is 8.67.